The van der Waals surface area contributed by atoms with E-state index in [0.717, 1.165) is 32.1 Å². The summed E-state index contributed by atoms with van der Waals surface area (Å²) in [5, 5.41) is 0. The number of aromatic amines is 1. The van der Waals surface area contributed by atoms with Gasteiger partial charge >= 0.3 is 5.69 Å². The lowest BCUT2D eigenvalue weighted by atomic mass is 10.4. The molecule has 0 atom stereocenters. The van der Waals surface area contributed by atoms with Gasteiger partial charge in [0.2, 0.25) is 5.95 Å². The second-order valence-electron chi connectivity index (χ2n) is 7.85. The number of allylic oxidation sites excluding steroid dienone is 1. The van der Waals surface area contributed by atoms with Crippen molar-refractivity contribution >= 4 is 11.2 Å². The van der Waals surface area contributed by atoms with Crippen molar-refractivity contribution < 1.29 is 9.13 Å². The quantitative estimate of drug-likeness (QED) is 0.347. The number of rotatable bonds is 4. The zero-order valence-corrected chi connectivity index (χ0v) is 20.0. The van der Waals surface area contributed by atoms with Crippen LogP contribution in [0.4, 0.5) is 4.39 Å². The minimum Gasteiger partial charge on any atom is -0.461 e. The molecule has 0 amide bonds. The molecule has 0 saturated heterocycles. The van der Waals surface area contributed by atoms with Gasteiger partial charge in [0.15, 0.2) is 17.0 Å². The number of nitrogens with zero attached hydrogens (tertiary/aromatic N) is 4. The zero-order valence-electron chi connectivity index (χ0n) is 20.0. The third kappa shape index (κ3) is 5.81. The monoisotopic (exact) mass is 467 g/mol. The summed E-state index contributed by atoms with van der Waals surface area (Å²) in [6.07, 6.45) is 5.79. The van der Waals surface area contributed by atoms with Crippen LogP contribution < -0.4 is 16.0 Å². The summed E-state index contributed by atoms with van der Waals surface area (Å²) < 4.78 is 20.4. The second-order valence-corrected chi connectivity index (χ2v) is 7.85. The average Bonchev–Trinajstić information content (AvgIpc) is 3.75. The van der Waals surface area contributed by atoms with Crippen molar-refractivity contribution in [1.29, 1.82) is 0 Å². The van der Waals surface area contributed by atoms with Crippen LogP contribution in [0, 0.1) is 17.8 Å². The highest BCUT2D eigenvalue weighted by molar-refractivity contribution is 5.71. The Balaban J connectivity index is 0.000000212. The molecule has 0 unspecified atom stereocenters. The number of fused-ring (bicyclic) bond motifs is 1. The number of nitrogens with one attached hydrogen (secondary N) is 1. The molecule has 3 aromatic heterocycles. The van der Waals surface area contributed by atoms with E-state index in [1.54, 1.807) is 11.5 Å². The standard InChI is InChI=1S/C15H16N4O2.C8H8FNO.C2H6/c1-2-3-4-11-16-12-13(17-11)18(9-5-6-9)15(21)19(14(12)20)10-7-8-10;1-6(2)11-7-3-4-8(9)10-5-7;1-2/h9-10H,2,5-8H2,1H3,(H,16,17);3-5H,1H2,2H3;1-2H3. The normalized spacial score (nSPS) is 14.1. The van der Waals surface area contributed by atoms with Crippen molar-refractivity contribution in [3.8, 4) is 17.6 Å². The lowest BCUT2D eigenvalue weighted by Gasteiger charge is -2.09. The summed E-state index contributed by atoms with van der Waals surface area (Å²) in [6.45, 7) is 11.2. The molecule has 3 heterocycles. The SMILES string of the molecule is C=C(C)Oc1ccc(F)nc1.CC.CCC#Cc1nc2c([nH]1)c(=O)n(C1CC1)c(=O)n2C1CC1. The molecule has 0 spiro atoms. The second kappa shape index (κ2) is 11.0. The molecule has 5 rings (SSSR count). The molecule has 0 aromatic carbocycles. The van der Waals surface area contributed by atoms with E-state index >= 15 is 0 Å². The minimum atomic E-state index is -0.515. The Labute approximate surface area is 197 Å². The highest BCUT2D eigenvalue weighted by Crippen LogP contribution is 2.36. The molecule has 9 heteroatoms. The molecule has 8 nitrogen and oxygen atoms in total. The lowest BCUT2D eigenvalue weighted by molar-refractivity contribution is 0.425. The highest BCUT2D eigenvalue weighted by Gasteiger charge is 2.34. The largest absolute Gasteiger partial charge is 0.461 e. The molecule has 0 bridgehead atoms. The maximum Gasteiger partial charge on any atom is 0.333 e. The molecular weight excluding hydrogens is 437 g/mol. The van der Waals surface area contributed by atoms with Crippen molar-refractivity contribution in [1.82, 2.24) is 24.1 Å². The van der Waals surface area contributed by atoms with Gasteiger partial charge in [-0.25, -0.2) is 14.8 Å². The Morgan fingerprint density at radius 1 is 1.21 bits per heavy atom. The maximum absolute atomic E-state index is 12.6. The van der Waals surface area contributed by atoms with Crippen LogP contribution in [0.25, 0.3) is 11.2 Å². The zero-order chi connectivity index (χ0) is 24.8. The molecule has 0 radical (unpaired) electrons. The van der Waals surface area contributed by atoms with Gasteiger partial charge in [0.1, 0.15) is 5.75 Å². The van der Waals surface area contributed by atoms with Gasteiger partial charge in [-0.3, -0.25) is 13.9 Å². The van der Waals surface area contributed by atoms with E-state index in [0.29, 0.717) is 28.5 Å². The third-order valence-electron chi connectivity index (χ3n) is 4.96. The number of H-pyrrole nitrogens is 1. The molecule has 1 N–H and O–H groups in total. The topological polar surface area (TPSA) is 94.8 Å². The van der Waals surface area contributed by atoms with Crippen LogP contribution in [0.3, 0.4) is 0 Å². The fourth-order valence-corrected chi connectivity index (χ4v) is 3.27. The average molecular weight is 468 g/mol. The molecule has 2 saturated carbocycles. The Bertz CT molecular complexity index is 1330. The molecule has 2 aliphatic rings. The number of hydrogen-bond acceptors (Lipinski definition) is 5. The Hall–Kier alpha value is -3.67. The first kappa shape index (κ1) is 25.0. The summed E-state index contributed by atoms with van der Waals surface area (Å²) >= 11 is 0. The fraction of sp³-hybridized carbons (Fsp3) is 0.440. The predicted molar refractivity (Wildman–Crippen MR) is 129 cm³/mol. The van der Waals surface area contributed by atoms with Crippen molar-refractivity contribution in [3.05, 3.63) is 63.3 Å². The van der Waals surface area contributed by atoms with Crippen LogP contribution in [0.15, 0.2) is 40.3 Å². The van der Waals surface area contributed by atoms with E-state index in [4.69, 9.17) is 4.74 Å². The van der Waals surface area contributed by atoms with Crippen LogP contribution in [-0.4, -0.2) is 24.1 Å². The van der Waals surface area contributed by atoms with Crippen LogP contribution >= 0.6 is 0 Å². The Morgan fingerprint density at radius 3 is 2.38 bits per heavy atom. The number of ether oxygens (including phenoxy) is 1. The van der Waals surface area contributed by atoms with Crippen LogP contribution in [0.5, 0.6) is 5.75 Å². The first-order valence-corrected chi connectivity index (χ1v) is 11.6. The summed E-state index contributed by atoms with van der Waals surface area (Å²) in [5.74, 6) is 6.84. The van der Waals surface area contributed by atoms with Gasteiger partial charge in [-0.05, 0) is 50.7 Å². The van der Waals surface area contributed by atoms with Gasteiger partial charge in [-0.2, -0.15) is 4.39 Å². The van der Waals surface area contributed by atoms with E-state index in [-0.39, 0.29) is 23.3 Å². The number of imidazole rings is 1. The van der Waals surface area contributed by atoms with Crippen LogP contribution in [0.1, 0.15) is 77.7 Å². The molecule has 3 aromatic rings. The summed E-state index contributed by atoms with van der Waals surface area (Å²) in [6, 6.07) is 2.98. The van der Waals surface area contributed by atoms with Gasteiger partial charge in [0, 0.05) is 18.5 Å². The van der Waals surface area contributed by atoms with Gasteiger partial charge in [0.25, 0.3) is 5.56 Å². The first-order valence-electron chi connectivity index (χ1n) is 11.6. The van der Waals surface area contributed by atoms with Crippen molar-refractivity contribution in [2.75, 3.05) is 0 Å². The summed E-state index contributed by atoms with van der Waals surface area (Å²) in [5.41, 5.74) is 0.407. The minimum absolute atomic E-state index is 0.0628. The fourth-order valence-electron chi connectivity index (χ4n) is 3.27. The molecular formula is C25H30FN5O3. The van der Waals surface area contributed by atoms with Crippen molar-refractivity contribution in [2.45, 2.75) is 71.9 Å². The van der Waals surface area contributed by atoms with Gasteiger partial charge in [-0.15, -0.1) is 0 Å². The van der Waals surface area contributed by atoms with Gasteiger partial charge in [-0.1, -0.05) is 33.3 Å². The molecule has 34 heavy (non-hydrogen) atoms. The smallest absolute Gasteiger partial charge is 0.333 e. The van der Waals surface area contributed by atoms with Crippen molar-refractivity contribution in [3.63, 3.8) is 0 Å². The van der Waals surface area contributed by atoms with Gasteiger partial charge in [0.05, 0.1) is 12.0 Å². The lowest BCUT2D eigenvalue weighted by Crippen LogP contribution is -2.39. The van der Waals surface area contributed by atoms with E-state index in [1.165, 1.54) is 22.9 Å². The maximum atomic E-state index is 12.6. The predicted octanol–water partition coefficient (Wildman–Crippen LogP) is 4.48. The third-order valence-corrected chi connectivity index (χ3v) is 4.96. The summed E-state index contributed by atoms with van der Waals surface area (Å²) in [7, 11) is 0. The number of halogens is 1. The molecule has 0 aliphatic heterocycles. The first-order chi connectivity index (χ1) is 16.4. The number of pyridine rings is 1. The number of aromatic nitrogens is 5. The summed E-state index contributed by atoms with van der Waals surface area (Å²) in [4.78, 5) is 35.9. The van der Waals surface area contributed by atoms with Crippen LogP contribution in [0.2, 0.25) is 0 Å². The van der Waals surface area contributed by atoms with E-state index < -0.39 is 5.95 Å². The molecule has 180 valence electrons. The van der Waals surface area contributed by atoms with E-state index in [2.05, 4.69) is 33.4 Å². The van der Waals surface area contributed by atoms with Crippen LogP contribution in [-0.2, 0) is 0 Å². The van der Waals surface area contributed by atoms with Gasteiger partial charge < -0.3 is 9.72 Å². The number of hydrogen-bond donors (Lipinski definition) is 1. The highest BCUT2D eigenvalue weighted by atomic mass is 19.1. The van der Waals surface area contributed by atoms with Crippen molar-refractivity contribution in [2.24, 2.45) is 0 Å². The molecule has 2 fully saturated rings. The van der Waals surface area contributed by atoms with E-state index in [9.17, 15) is 14.0 Å². The Morgan fingerprint density at radius 2 is 1.85 bits per heavy atom. The van der Waals surface area contributed by atoms with E-state index in [1.807, 2.05) is 20.8 Å². The Kier molecular flexibility index (Phi) is 8.05. The molecule has 2 aliphatic carbocycles.